The van der Waals surface area contributed by atoms with E-state index in [-0.39, 0.29) is 0 Å². The van der Waals surface area contributed by atoms with E-state index < -0.39 is 11.8 Å². The minimum Gasteiger partial charge on any atom is -0.476 e. The summed E-state index contributed by atoms with van der Waals surface area (Å²) in [4.78, 5) is 17.4. The Kier molecular flexibility index (Phi) is 5.45. The molecule has 1 aromatic rings. The van der Waals surface area contributed by atoms with Crippen molar-refractivity contribution in [2.24, 2.45) is 0 Å². The first-order valence-electron chi connectivity index (χ1n) is 8.69. The van der Waals surface area contributed by atoms with Crippen LogP contribution in [0.15, 0.2) is 24.2 Å². The number of halogens is 1. The van der Waals surface area contributed by atoms with Crippen molar-refractivity contribution in [3.05, 3.63) is 29.7 Å². The van der Waals surface area contributed by atoms with Gasteiger partial charge in [0.05, 0.1) is 0 Å². The molecule has 3 rings (SSSR count). The zero-order valence-electron chi connectivity index (χ0n) is 13.7. The summed E-state index contributed by atoms with van der Waals surface area (Å²) >= 11 is 0. The number of pyridine rings is 1. The summed E-state index contributed by atoms with van der Waals surface area (Å²) < 4.78 is 13.1. The summed E-state index contributed by atoms with van der Waals surface area (Å²) in [5, 5.41) is 12.0. The van der Waals surface area contributed by atoms with Crippen LogP contribution in [-0.4, -0.2) is 46.1 Å². The summed E-state index contributed by atoms with van der Waals surface area (Å²) in [6.07, 6.45) is 10.1. The Balaban J connectivity index is 1.57. The molecule has 2 heterocycles. The maximum absolute atomic E-state index is 13.1. The van der Waals surface area contributed by atoms with Crippen molar-refractivity contribution in [3.63, 3.8) is 0 Å². The van der Waals surface area contributed by atoms with E-state index in [2.05, 4.69) is 15.2 Å². The SMILES string of the molecule is O=C(O)/C(F)=C/c1ccc(N[C@@H]2CCCN(C3CCCC3)C2)nc1. The fourth-order valence-corrected chi connectivity index (χ4v) is 3.72. The molecule has 0 unspecified atom stereocenters. The van der Waals surface area contributed by atoms with Gasteiger partial charge in [0.1, 0.15) is 5.82 Å². The Labute approximate surface area is 141 Å². The summed E-state index contributed by atoms with van der Waals surface area (Å²) in [5.41, 5.74) is 0.441. The van der Waals surface area contributed by atoms with Crippen molar-refractivity contribution in [1.29, 1.82) is 0 Å². The van der Waals surface area contributed by atoms with Crippen LogP contribution in [0, 0.1) is 0 Å². The van der Waals surface area contributed by atoms with Crippen molar-refractivity contribution in [1.82, 2.24) is 9.88 Å². The minimum absolute atomic E-state index is 0.379. The fourth-order valence-electron chi connectivity index (χ4n) is 3.72. The van der Waals surface area contributed by atoms with E-state index in [1.54, 1.807) is 12.1 Å². The fraction of sp³-hybridized carbons (Fsp3) is 0.556. The number of carbonyl (C=O) groups is 1. The molecule has 1 atom stereocenters. The number of aromatic nitrogens is 1. The Morgan fingerprint density at radius 2 is 2.08 bits per heavy atom. The van der Waals surface area contributed by atoms with E-state index in [0.29, 0.717) is 11.6 Å². The van der Waals surface area contributed by atoms with Crippen LogP contribution in [0.3, 0.4) is 0 Å². The average molecular weight is 333 g/mol. The smallest absolute Gasteiger partial charge is 0.364 e. The van der Waals surface area contributed by atoms with E-state index >= 15 is 0 Å². The normalized spacial score (nSPS) is 23.4. The highest BCUT2D eigenvalue weighted by atomic mass is 19.1. The van der Waals surface area contributed by atoms with Gasteiger partial charge in [-0.3, -0.25) is 4.90 Å². The van der Waals surface area contributed by atoms with Gasteiger partial charge in [-0.2, -0.15) is 4.39 Å². The molecule has 130 valence electrons. The Bertz CT molecular complexity index is 597. The second-order valence-electron chi connectivity index (χ2n) is 6.69. The van der Waals surface area contributed by atoms with Crippen LogP contribution in [-0.2, 0) is 4.79 Å². The molecule has 1 aromatic heterocycles. The van der Waals surface area contributed by atoms with E-state index in [1.165, 1.54) is 44.8 Å². The maximum atomic E-state index is 13.1. The molecule has 1 aliphatic carbocycles. The van der Waals surface area contributed by atoms with Crippen molar-refractivity contribution in [2.45, 2.75) is 50.6 Å². The lowest BCUT2D eigenvalue weighted by Crippen LogP contribution is -2.46. The zero-order chi connectivity index (χ0) is 16.9. The van der Waals surface area contributed by atoms with Gasteiger partial charge in [-0.15, -0.1) is 0 Å². The number of nitrogens with one attached hydrogen (secondary N) is 1. The predicted octanol–water partition coefficient (Wildman–Crippen LogP) is 3.30. The highest BCUT2D eigenvalue weighted by Crippen LogP contribution is 2.26. The number of carboxylic acids is 1. The molecule has 5 nitrogen and oxygen atoms in total. The van der Waals surface area contributed by atoms with Gasteiger partial charge in [0.25, 0.3) is 0 Å². The van der Waals surface area contributed by atoms with Crippen molar-refractivity contribution >= 4 is 17.9 Å². The molecule has 0 bridgehead atoms. The molecular weight excluding hydrogens is 309 g/mol. The molecule has 1 saturated carbocycles. The number of carboxylic acid groups (broad SMARTS) is 1. The number of piperidine rings is 1. The molecule has 0 radical (unpaired) electrons. The number of anilines is 1. The second-order valence-corrected chi connectivity index (χ2v) is 6.69. The monoisotopic (exact) mass is 333 g/mol. The summed E-state index contributed by atoms with van der Waals surface area (Å²) in [6, 6.07) is 4.57. The molecule has 24 heavy (non-hydrogen) atoms. The third-order valence-electron chi connectivity index (χ3n) is 4.93. The van der Waals surface area contributed by atoms with Crippen LogP contribution >= 0.6 is 0 Å². The molecule has 6 heteroatoms. The number of aliphatic carboxylic acids is 1. The standard InChI is InChI=1S/C18H24FN3O2/c19-16(18(23)24)10-13-7-8-17(20-11-13)21-14-4-3-9-22(12-14)15-5-1-2-6-15/h7-8,10-11,14-15H,1-6,9,12H2,(H,20,21)(H,23,24)/b16-10-/t14-/m1/s1. The topological polar surface area (TPSA) is 65.5 Å². The number of hydrogen-bond donors (Lipinski definition) is 2. The maximum Gasteiger partial charge on any atom is 0.364 e. The van der Waals surface area contributed by atoms with Gasteiger partial charge in [-0.05, 0) is 56.0 Å². The van der Waals surface area contributed by atoms with Gasteiger partial charge >= 0.3 is 5.97 Å². The third-order valence-corrected chi connectivity index (χ3v) is 4.93. The van der Waals surface area contributed by atoms with E-state index in [1.807, 2.05) is 0 Å². The minimum atomic E-state index is -1.56. The van der Waals surface area contributed by atoms with Gasteiger partial charge in [0.15, 0.2) is 0 Å². The van der Waals surface area contributed by atoms with Gasteiger partial charge in [-0.1, -0.05) is 12.8 Å². The Morgan fingerprint density at radius 1 is 1.29 bits per heavy atom. The number of rotatable bonds is 5. The van der Waals surface area contributed by atoms with Gasteiger partial charge in [0, 0.05) is 24.8 Å². The lowest BCUT2D eigenvalue weighted by molar-refractivity contribution is -0.134. The molecule has 2 aliphatic rings. The van der Waals surface area contributed by atoms with Crippen LogP contribution < -0.4 is 5.32 Å². The second kappa shape index (κ2) is 7.75. The number of hydrogen-bond acceptors (Lipinski definition) is 4. The number of likely N-dealkylation sites (tertiary alicyclic amines) is 1. The lowest BCUT2D eigenvalue weighted by Gasteiger charge is -2.37. The van der Waals surface area contributed by atoms with Crippen molar-refractivity contribution in [2.75, 3.05) is 18.4 Å². The average Bonchev–Trinajstić information content (AvgIpc) is 3.11. The highest BCUT2D eigenvalue weighted by molar-refractivity contribution is 5.89. The zero-order valence-corrected chi connectivity index (χ0v) is 13.7. The molecule has 2 fully saturated rings. The van der Waals surface area contributed by atoms with Crippen LogP contribution in [0.5, 0.6) is 0 Å². The van der Waals surface area contributed by atoms with Crippen LogP contribution in [0.2, 0.25) is 0 Å². The summed E-state index contributed by atoms with van der Waals surface area (Å²) in [6.45, 7) is 2.23. The number of nitrogens with zero attached hydrogens (tertiary/aromatic N) is 2. The van der Waals surface area contributed by atoms with Gasteiger partial charge in [0.2, 0.25) is 5.83 Å². The molecule has 1 saturated heterocycles. The van der Waals surface area contributed by atoms with Gasteiger partial charge < -0.3 is 10.4 Å². The van der Waals surface area contributed by atoms with E-state index in [4.69, 9.17) is 5.11 Å². The summed E-state index contributed by atoms with van der Waals surface area (Å²) in [5.74, 6) is -2.00. The van der Waals surface area contributed by atoms with Gasteiger partial charge in [-0.25, -0.2) is 9.78 Å². The lowest BCUT2D eigenvalue weighted by atomic mass is 10.0. The van der Waals surface area contributed by atoms with Crippen molar-refractivity contribution in [3.8, 4) is 0 Å². The molecular formula is C18H24FN3O2. The molecule has 0 amide bonds. The first-order valence-corrected chi connectivity index (χ1v) is 8.69. The largest absolute Gasteiger partial charge is 0.476 e. The first kappa shape index (κ1) is 16.9. The van der Waals surface area contributed by atoms with Crippen LogP contribution in [0.25, 0.3) is 6.08 Å². The van der Waals surface area contributed by atoms with Crippen LogP contribution in [0.4, 0.5) is 10.2 Å². The summed E-state index contributed by atoms with van der Waals surface area (Å²) in [7, 11) is 0. The van der Waals surface area contributed by atoms with E-state index in [0.717, 1.165) is 30.9 Å². The third kappa shape index (κ3) is 4.32. The Hall–Kier alpha value is -1.95. The highest BCUT2D eigenvalue weighted by Gasteiger charge is 2.27. The van der Waals surface area contributed by atoms with Crippen LogP contribution in [0.1, 0.15) is 44.1 Å². The molecule has 2 N–H and O–H groups in total. The quantitative estimate of drug-likeness (QED) is 0.810. The molecule has 0 aromatic carbocycles. The molecule has 1 aliphatic heterocycles. The first-order chi connectivity index (χ1) is 11.6. The van der Waals surface area contributed by atoms with Crippen molar-refractivity contribution < 1.29 is 14.3 Å². The predicted molar refractivity (Wildman–Crippen MR) is 91.4 cm³/mol. The Morgan fingerprint density at radius 3 is 2.75 bits per heavy atom. The van der Waals surface area contributed by atoms with E-state index in [9.17, 15) is 9.18 Å². The molecule has 0 spiro atoms.